The Morgan fingerprint density at radius 2 is 1.11 bits per heavy atom. The molecule has 0 aliphatic carbocycles. The minimum atomic E-state index is 0.820. The van der Waals surface area contributed by atoms with Gasteiger partial charge in [-0.1, -0.05) is 0 Å². The summed E-state index contributed by atoms with van der Waals surface area (Å²) in [5.41, 5.74) is 0. The highest BCUT2D eigenvalue weighted by Crippen LogP contribution is 2.34. The molecule has 3 aliphatic heterocycles. The van der Waals surface area contributed by atoms with Gasteiger partial charge < -0.3 is 16.0 Å². The highest BCUT2D eigenvalue weighted by atomic mass is 15.0. The smallest absolute Gasteiger partial charge is 0.00990 e. The molecule has 0 aromatic carbocycles. The fraction of sp³-hybridized carbons (Fsp3) is 1.00. The van der Waals surface area contributed by atoms with Crippen molar-refractivity contribution < 1.29 is 0 Å². The first-order valence-electron chi connectivity index (χ1n) is 8.08. The molecule has 0 bridgehead atoms. The van der Waals surface area contributed by atoms with Crippen LogP contribution in [0.25, 0.3) is 0 Å². The van der Waals surface area contributed by atoms with Gasteiger partial charge in [0.15, 0.2) is 0 Å². The van der Waals surface area contributed by atoms with Crippen LogP contribution in [0.4, 0.5) is 0 Å². The summed E-state index contributed by atoms with van der Waals surface area (Å²) in [7, 11) is 0. The van der Waals surface area contributed by atoms with E-state index in [4.69, 9.17) is 0 Å². The van der Waals surface area contributed by atoms with Crippen molar-refractivity contribution in [3.63, 3.8) is 0 Å². The van der Waals surface area contributed by atoms with Crippen LogP contribution >= 0.6 is 0 Å². The van der Waals surface area contributed by atoms with E-state index in [2.05, 4.69) is 16.0 Å². The van der Waals surface area contributed by atoms with Crippen LogP contribution in [0.15, 0.2) is 0 Å². The van der Waals surface area contributed by atoms with E-state index >= 15 is 0 Å². The maximum absolute atomic E-state index is 3.81. The van der Waals surface area contributed by atoms with Gasteiger partial charge in [-0.3, -0.25) is 0 Å². The molecule has 104 valence electrons. The van der Waals surface area contributed by atoms with E-state index in [0.717, 1.165) is 23.8 Å². The number of nitrogens with one attached hydrogen (secondary N) is 3. The van der Waals surface area contributed by atoms with Gasteiger partial charge >= 0.3 is 0 Å². The Bertz CT molecular complexity index is 220. The van der Waals surface area contributed by atoms with E-state index in [1.807, 2.05) is 0 Å². The molecule has 0 radical (unpaired) electrons. The predicted molar refractivity (Wildman–Crippen MR) is 75.7 cm³/mol. The van der Waals surface area contributed by atoms with E-state index < -0.39 is 0 Å². The molecule has 0 saturated carbocycles. The van der Waals surface area contributed by atoms with Gasteiger partial charge in [0.05, 0.1) is 0 Å². The molecule has 3 heteroatoms. The van der Waals surface area contributed by atoms with E-state index in [1.165, 1.54) is 71.2 Å². The zero-order chi connectivity index (χ0) is 12.2. The Morgan fingerprint density at radius 1 is 0.556 bits per heavy atom. The zero-order valence-electron chi connectivity index (χ0n) is 11.6. The lowest BCUT2D eigenvalue weighted by molar-refractivity contribution is 0.145. The van der Waals surface area contributed by atoms with Crippen molar-refractivity contribution in [2.24, 2.45) is 17.8 Å². The van der Waals surface area contributed by atoms with E-state index in [1.54, 1.807) is 0 Å². The molecule has 3 nitrogen and oxygen atoms in total. The quantitative estimate of drug-likeness (QED) is 0.693. The Labute approximate surface area is 111 Å². The van der Waals surface area contributed by atoms with Gasteiger partial charge in [0, 0.05) is 6.04 Å². The Balaban J connectivity index is 1.53. The van der Waals surface area contributed by atoms with Crippen LogP contribution in [-0.4, -0.2) is 38.8 Å². The predicted octanol–water partition coefficient (Wildman–Crippen LogP) is 1.35. The van der Waals surface area contributed by atoms with Crippen LogP contribution in [-0.2, 0) is 0 Å². The lowest BCUT2D eigenvalue weighted by atomic mass is 9.74. The van der Waals surface area contributed by atoms with Crippen molar-refractivity contribution in [2.75, 3.05) is 32.7 Å². The molecular formula is C15H29N3. The Morgan fingerprint density at radius 3 is 1.78 bits per heavy atom. The third kappa shape index (κ3) is 3.06. The molecular weight excluding hydrogens is 222 g/mol. The second-order valence-electron chi connectivity index (χ2n) is 6.52. The first-order chi connectivity index (χ1) is 8.93. The SMILES string of the molecule is C1CC(C2CCNC(C3CCNCC3)C2)CCN1. The highest BCUT2D eigenvalue weighted by Gasteiger charge is 2.32. The summed E-state index contributed by atoms with van der Waals surface area (Å²) in [4.78, 5) is 0. The van der Waals surface area contributed by atoms with Gasteiger partial charge in [-0.25, -0.2) is 0 Å². The lowest BCUT2D eigenvalue weighted by Crippen LogP contribution is -2.48. The largest absolute Gasteiger partial charge is 0.317 e. The molecule has 3 heterocycles. The topological polar surface area (TPSA) is 36.1 Å². The standard InChI is InChI=1S/C15H29N3/c1-6-16-7-2-12(1)14-5-10-18-15(11-14)13-3-8-17-9-4-13/h12-18H,1-11H2. The fourth-order valence-corrected chi connectivity index (χ4v) is 4.33. The molecule has 0 spiro atoms. The lowest BCUT2D eigenvalue weighted by Gasteiger charge is -2.41. The third-order valence-corrected chi connectivity index (χ3v) is 5.48. The van der Waals surface area contributed by atoms with Gasteiger partial charge in [0.25, 0.3) is 0 Å². The van der Waals surface area contributed by atoms with Crippen LogP contribution in [0.1, 0.15) is 38.5 Å². The number of piperidine rings is 3. The monoisotopic (exact) mass is 251 g/mol. The summed E-state index contributed by atoms with van der Waals surface area (Å²) in [6.07, 6.45) is 8.49. The van der Waals surface area contributed by atoms with Crippen molar-refractivity contribution in [1.29, 1.82) is 0 Å². The van der Waals surface area contributed by atoms with E-state index in [-0.39, 0.29) is 0 Å². The normalized spacial score (nSPS) is 36.7. The van der Waals surface area contributed by atoms with Crippen molar-refractivity contribution in [2.45, 2.75) is 44.6 Å². The molecule has 0 amide bonds. The number of hydrogen-bond acceptors (Lipinski definition) is 3. The summed E-state index contributed by atoms with van der Waals surface area (Å²) >= 11 is 0. The second kappa shape index (κ2) is 6.36. The van der Waals surface area contributed by atoms with Crippen LogP contribution in [0.2, 0.25) is 0 Å². The number of rotatable bonds is 2. The first kappa shape index (κ1) is 12.9. The van der Waals surface area contributed by atoms with Crippen molar-refractivity contribution in [3.05, 3.63) is 0 Å². The molecule has 3 saturated heterocycles. The van der Waals surface area contributed by atoms with Gasteiger partial charge in [-0.05, 0) is 89.0 Å². The van der Waals surface area contributed by atoms with Gasteiger partial charge in [-0.15, -0.1) is 0 Å². The molecule has 0 aromatic rings. The third-order valence-electron chi connectivity index (χ3n) is 5.48. The summed E-state index contributed by atoms with van der Waals surface area (Å²) in [5.74, 6) is 2.96. The first-order valence-corrected chi connectivity index (χ1v) is 8.08. The highest BCUT2D eigenvalue weighted by molar-refractivity contribution is 4.89. The summed E-state index contributed by atoms with van der Waals surface area (Å²) in [5, 5.41) is 10.8. The van der Waals surface area contributed by atoms with Crippen molar-refractivity contribution >= 4 is 0 Å². The molecule has 3 fully saturated rings. The molecule has 2 atom stereocenters. The molecule has 3 N–H and O–H groups in total. The summed E-state index contributed by atoms with van der Waals surface area (Å²) < 4.78 is 0. The Kier molecular flexibility index (Phi) is 4.55. The van der Waals surface area contributed by atoms with E-state index in [9.17, 15) is 0 Å². The average Bonchev–Trinajstić information content (AvgIpc) is 2.49. The number of hydrogen-bond donors (Lipinski definition) is 3. The zero-order valence-corrected chi connectivity index (χ0v) is 11.6. The van der Waals surface area contributed by atoms with E-state index in [0.29, 0.717) is 0 Å². The summed E-state index contributed by atoms with van der Waals surface area (Å²) in [6, 6.07) is 0.820. The average molecular weight is 251 g/mol. The minimum Gasteiger partial charge on any atom is -0.317 e. The maximum atomic E-state index is 3.81. The van der Waals surface area contributed by atoms with Crippen LogP contribution in [0, 0.1) is 17.8 Å². The molecule has 3 rings (SSSR count). The molecule has 18 heavy (non-hydrogen) atoms. The van der Waals surface area contributed by atoms with Gasteiger partial charge in [-0.2, -0.15) is 0 Å². The van der Waals surface area contributed by atoms with Crippen LogP contribution in [0.3, 0.4) is 0 Å². The maximum Gasteiger partial charge on any atom is 0.00990 e. The summed E-state index contributed by atoms with van der Waals surface area (Å²) in [6.45, 7) is 6.25. The van der Waals surface area contributed by atoms with Crippen molar-refractivity contribution in [3.8, 4) is 0 Å². The molecule has 2 unspecified atom stereocenters. The van der Waals surface area contributed by atoms with Crippen molar-refractivity contribution in [1.82, 2.24) is 16.0 Å². The minimum absolute atomic E-state index is 0.820. The molecule has 3 aliphatic rings. The fourth-order valence-electron chi connectivity index (χ4n) is 4.33. The molecule has 0 aromatic heterocycles. The Hall–Kier alpha value is -0.120. The van der Waals surface area contributed by atoms with Crippen LogP contribution in [0.5, 0.6) is 0 Å². The van der Waals surface area contributed by atoms with Gasteiger partial charge in [0.1, 0.15) is 0 Å². The van der Waals surface area contributed by atoms with Crippen LogP contribution < -0.4 is 16.0 Å². The second-order valence-corrected chi connectivity index (χ2v) is 6.52. The van der Waals surface area contributed by atoms with Gasteiger partial charge in [0.2, 0.25) is 0 Å².